The van der Waals surface area contributed by atoms with Crippen LogP contribution < -0.4 is 10.1 Å². The lowest BCUT2D eigenvalue weighted by Crippen LogP contribution is -2.47. The number of carbonyl (C=O) groups is 1. The number of hydrogen-bond donors (Lipinski definition) is 2. The Morgan fingerprint density at radius 2 is 2.32 bits per heavy atom. The van der Waals surface area contributed by atoms with Crippen molar-refractivity contribution >= 4 is 5.97 Å². The van der Waals surface area contributed by atoms with Crippen LogP contribution in [0.25, 0.3) is 0 Å². The van der Waals surface area contributed by atoms with Gasteiger partial charge in [0.2, 0.25) is 0 Å². The topological polar surface area (TPSA) is 58.6 Å². The Labute approximate surface area is 113 Å². The van der Waals surface area contributed by atoms with Crippen molar-refractivity contribution in [2.24, 2.45) is 5.41 Å². The molecule has 2 N–H and O–H groups in total. The molecule has 19 heavy (non-hydrogen) atoms. The molecule has 0 spiro atoms. The van der Waals surface area contributed by atoms with E-state index in [1.165, 1.54) is 0 Å². The van der Waals surface area contributed by atoms with Crippen LogP contribution in [0.3, 0.4) is 0 Å². The fourth-order valence-electron chi connectivity index (χ4n) is 2.79. The molecule has 0 amide bonds. The van der Waals surface area contributed by atoms with E-state index in [9.17, 15) is 9.90 Å². The standard InChI is InChI=1S/C15H21NO3/c1-11-4-5-13(19-2)12(8-11)9-15(14(17)18)6-3-7-16-10-15/h4-5,8,16H,3,6-7,9-10H2,1-2H3,(H,17,18). The van der Waals surface area contributed by atoms with Crippen molar-refractivity contribution in [2.75, 3.05) is 20.2 Å². The number of hydrogen-bond acceptors (Lipinski definition) is 3. The van der Waals surface area contributed by atoms with Gasteiger partial charge in [0, 0.05) is 6.54 Å². The van der Waals surface area contributed by atoms with Crippen molar-refractivity contribution in [3.63, 3.8) is 0 Å². The monoisotopic (exact) mass is 263 g/mol. The molecule has 0 radical (unpaired) electrons. The molecule has 1 atom stereocenters. The first-order valence-electron chi connectivity index (χ1n) is 6.65. The molecule has 2 rings (SSSR count). The molecular formula is C15H21NO3. The summed E-state index contributed by atoms with van der Waals surface area (Å²) < 4.78 is 5.35. The van der Waals surface area contributed by atoms with Gasteiger partial charge in [0.25, 0.3) is 0 Å². The molecule has 1 aliphatic heterocycles. The first-order chi connectivity index (χ1) is 9.07. The Kier molecular flexibility index (Phi) is 4.10. The van der Waals surface area contributed by atoms with Gasteiger partial charge in [-0.15, -0.1) is 0 Å². The highest BCUT2D eigenvalue weighted by Gasteiger charge is 2.40. The SMILES string of the molecule is COc1ccc(C)cc1CC1(C(=O)O)CCCNC1. The summed E-state index contributed by atoms with van der Waals surface area (Å²) in [5.41, 5.74) is 1.40. The number of benzene rings is 1. The molecule has 4 heteroatoms. The zero-order valence-electron chi connectivity index (χ0n) is 11.5. The zero-order chi connectivity index (χ0) is 13.9. The summed E-state index contributed by atoms with van der Waals surface area (Å²) in [5, 5.41) is 12.8. The molecule has 1 heterocycles. The maximum absolute atomic E-state index is 11.7. The molecule has 0 bridgehead atoms. The van der Waals surface area contributed by atoms with Gasteiger partial charge < -0.3 is 15.2 Å². The van der Waals surface area contributed by atoms with E-state index in [-0.39, 0.29) is 0 Å². The summed E-state index contributed by atoms with van der Waals surface area (Å²) >= 11 is 0. The Morgan fingerprint density at radius 3 is 2.89 bits per heavy atom. The van der Waals surface area contributed by atoms with Gasteiger partial charge >= 0.3 is 5.97 Å². The molecule has 0 aliphatic carbocycles. The smallest absolute Gasteiger partial charge is 0.311 e. The summed E-state index contributed by atoms with van der Waals surface area (Å²) in [4.78, 5) is 11.7. The molecule has 1 unspecified atom stereocenters. The van der Waals surface area contributed by atoms with E-state index in [1.54, 1.807) is 7.11 Å². The third-order valence-electron chi connectivity index (χ3n) is 3.89. The number of piperidine rings is 1. The Morgan fingerprint density at radius 1 is 1.53 bits per heavy atom. The molecule has 0 saturated carbocycles. The maximum atomic E-state index is 11.7. The normalized spacial score (nSPS) is 23.1. The molecule has 104 valence electrons. The molecule has 1 aromatic carbocycles. The van der Waals surface area contributed by atoms with E-state index >= 15 is 0 Å². The molecular weight excluding hydrogens is 242 g/mol. The highest BCUT2D eigenvalue weighted by molar-refractivity contribution is 5.75. The quantitative estimate of drug-likeness (QED) is 0.872. The van der Waals surface area contributed by atoms with Crippen LogP contribution in [0.1, 0.15) is 24.0 Å². The van der Waals surface area contributed by atoms with E-state index in [0.717, 1.165) is 29.8 Å². The molecule has 1 aliphatic rings. The third-order valence-corrected chi connectivity index (χ3v) is 3.89. The molecule has 1 aromatic rings. The summed E-state index contributed by atoms with van der Waals surface area (Å²) in [6.07, 6.45) is 2.13. The predicted molar refractivity (Wildman–Crippen MR) is 73.6 cm³/mol. The zero-order valence-corrected chi connectivity index (χ0v) is 11.5. The highest BCUT2D eigenvalue weighted by atomic mass is 16.5. The summed E-state index contributed by atoms with van der Waals surface area (Å²) in [6, 6.07) is 5.92. The van der Waals surface area contributed by atoms with Gasteiger partial charge in [0.1, 0.15) is 5.75 Å². The van der Waals surface area contributed by atoms with Crippen molar-refractivity contribution in [1.82, 2.24) is 5.32 Å². The van der Waals surface area contributed by atoms with Gasteiger partial charge in [-0.25, -0.2) is 0 Å². The average Bonchev–Trinajstić information content (AvgIpc) is 2.40. The van der Waals surface area contributed by atoms with Crippen LogP contribution in [0.4, 0.5) is 0 Å². The fraction of sp³-hybridized carbons (Fsp3) is 0.533. The molecule has 1 saturated heterocycles. The number of aryl methyl sites for hydroxylation is 1. The number of carboxylic acids is 1. The average molecular weight is 263 g/mol. The Hall–Kier alpha value is -1.55. The summed E-state index contributed by atoms with van der Waals surface area (Å²) in [5.74, 6) is 0.0556. The lowest BCUT2D eigenvalue weighted by Gasteiger charge is -2.34. The van der Waals surface area contributed by atoms with Crippen molar-refractivity contribution in [3.05, 3.63) is 29.3 Å². The number of rotatable bonds is 4. The second-order valence-electron chi connectivity index (χ2n) is 5.36. The first kappa shape index (κ1) is 13.9. The van der Waals surface area contributed by atoms with Crippen molar-refractivity contribution in [2.45, 2.75) is 26.2 Å². The van der Waals surface area contributed by atoms with E-state index in [0.29, 0.717) is 19.4 Å². The molecule has 4 nitrogen and oxygen atoms in total. The van der Waals surface area contributed by atoms with Gasteiger partial charge in [-0.1, -0.05) is 17.7 Å². The van der Waals surface area contributed by atoms with Gasteiger partial charge in [-0.2, -0.15) is 0 Å². The van der Waals surface area contributed by atoms with Crippen molar-refractivity contribution in [1.29, 1.82) is 0 Å². The summed E-state index contributed by atoms with van der Waals surface area (Å²) in [6.45, 7) is 3.44. The Balaban J connectivity index is 2.31. The summed E-state index contributed by atoms with van der Waals surface area (Å²) in [7, 11) is 1.63. The lowest BCUT2D eigenvalue weighted by molar-refractivity contribution is -0.150. The lowest BCUT2D eigenvalue weighted by atomic mass is 9.75. The minimum absolute atomic E-state index is 0.514. The van der Waals surface area contributed by atoms with Crippen molar-refractivity contribution in [3.8, 4) is 5.75 Å². The number of aliphatic carboxylic acids is 1. The predicted octanol–water partition coefficient (Wildman–Crippen LogP) is 2.00. The Bertz CT molecular complexity index is 464. The van der Waals surface area contributed by atoms with Crippen molar-refractivity contribution < 1.29 is 14.6 Å². The van der Waals surface area contributed by atoms with E-state index in [4.69, 9.17) is 4.74 Å². The largest absolute Gasteiger partial charge is 0.496 e. The third kappa shape index (κ3) is 2.89. The van der Waals surface area contributed by atoms with E-state index in [2.05, 4.69) is 5.32 Å². The van der Waals surface area contributed by atoms with Crippen LogP contribution in [0, 0.1) is 12.3 Å². The van der Waals surface area contributed by atoms with Crippen LogP contribution in [0.5, 0.6) is 5.75 Å². The molecule has 0 aromatic heterocycles. The number of carboxylic acid groups (broad SMARTS) is 1. The maximum Gasteiger partial charge on any atom is 0.311 e. The van der Waals surface area contributed by atoms with Gasteiger partial charge in [-0.3, -0.25) is 4.79 Å². The second kappa shape index (κ2) is 5.61. The second-order valence-corrected chi connectivity index (χ2v) is 5.36. The van der Waals surface area contributed by atoms with Crippen LogP contribution in [0.15, 0.2) is 18.2 Å². The van der Waals surface area contributed by atoms with E-state index < -0.39 is 11.4 Å². The van der Waals surface area contributed by atoms with Crippen LogP contribution in [-0.2, 0) is 11.2 Å². The highest BCUT2D eigenvalue weighted by Crippen LogP contribution is 2.34. The number of nitrogens with one attached hydrogen (secondary N) is 1. The fourth-order valence-corrected chi connectivity index (χ4v) is 2.79. The first-order valence-corrected chi connectivity index (χ1v) is 6.65. The van der Waals surface area contributed by atoms with Crippen LogP contribution in [-0.4, -0.2) is 31.3 Å². The molecule has 1 fully saturated rings. The van der Waals surface area contributed by atoms with Crippen LogP contribution >= 0.6 is 0 Å². The van der Waals surface area contributed by atoms with Crippen LogP contribution in [0.2, 0.25) is 0 Å². The minimum Gasteiger partial charge on any atom is -0.496 e. The number of ether oxygens (including phenoxy) is 1. The van der Waals surface area contributed by atoms with E-state index in [1.807, 2.05) is 25.1 Å². The van der Waals surface area contributed by atoms with Gasteiger partial charge in [0.05, 0.1) is 12.5 Å². The minimum atomic E-state index is -0.719. The number of methoxy groups -OCH3 is 1. The van der Waals surface area contributed by atoms with Gasteiger partial charge in [0.15, 0.2) is 0 Å². The van der Waals surface area contributed by atoms with Gasteiger partial charge in [-0.05, 0) is 44.4 Å².